The smallest absolute Gasteiger partial charge is 0.326 e. The summed E-state index contributed by atoms with van der Waals surface area (Å²) in [5.74, 6) is -1.06. The zero-order chi connectivity index (χ0) is 13.0. The molecule has 0 aromatic heterocycles. The minimum absolute atomic E-state index is 0.147. The second-order valence-corrected chi connectivity index (χ2v) is 3.80. The van der Waals surface area contributed by atoms with Crippen LogP contribution >= 0.6 is 11.6 Å². The van der Waals surface area contributed by atoms with Crippen molar-refractivity contribution in [3.63, 3.8) is 0 Å². The van der Waals surface area contributed by atoms with Crippen molar-refractivity contribution in [3.05, 3.63) is 33.3 Å². The molecule has 0 aliphatic carbocycles. The monoisotopic (exact) mass is 258 g/mol. The van der Waals surface area contributed by atoms with Gasteiger partial charge in [-0.25, -0.2) is 4.79 Å². The number of carboxylic acid groups (broad SMARTS) is 1. The first-order valence-electron chi connectivity index (χ1n) is 4.89. The number of nitrogens with zero attached hydrogens (tertiary/aromatic N) is 1. The number of nitro benzene ring substituents is 1. The van der Waals surface area contributed by atoms with Crippen LogP contribution in [0.4, 0.5) is 11.4 Å². The Kier molecular flexibility index (Phi) is 4.28. The van der Waals surface area contributed by atoms with E-state index in [4.69, 9.17) is 16.7 Å². The number of aliphatic carboxylic acids is 1. The van der Waals surface area contributed by atoms with E-state index in [1.165, 1.54) is 18.2 Å². The van der Waals surface area contributed by atoms with Crippen LogP contribution in [0, 0.1) is 10.1 Å². The van der Waals surface area contributed by atoms with Crippen LogP contribution in [0.5, 0.6) is 0 Å². The van der Waals surface area contributed by atoms with E-state index in [1.54, 1.807) is 6.92 Å². The van der Waals surface area contributed by atoms with Gasteiger partial charge in [-0.2, -0.15) is 0 Å². The summed E-state index contributed by atoms with van der Waals surface area (Å²) in [6.45, 7) is 1.67. The van der Waals surface area contributed by atoms with E-state index in [9.17, 15) is 14.9 Å². The summed E-state index contributed by atoms with van der Waals surface area (Å²) in [5, 5.41) is 22.5. The molecule has 1 aromatic rings. The number of anilines is 1. The first-order chi connectivity index (χ1) is 7.95. The van der Waals surface area contributed by atoms with Crippen molar-refractivity contribution in [1.82, 2.24) is 0 Å². The van der Waals surface area contributed by atoms with E-state index in [-0.39, 0.29) is 16.4 Å². The largest absolute Gasteiger partial charge is 0.480 e. The summed E-state index contributed by atoms with van der Waals surface area (Å²) in [7, 11) is 0. The van der Waals surface area contributed by atoms with E-state index in [2.05, 4.69) is 5.32 Å². The minimum Gasteiger partial charge on any atom is -0.480 e. The highest BCUT2D eigenvalue weighted by Crippen LogP contribution is 2.28. The highest BCUT2D eigenvalue weighted by Gasteiger charge is 2.20. The molecular formula is C10H11ClN2O4. The average molecular weight is 259 g/mol. The number of carboxylic acids is 1. The van der Waals surface area contributed by atoms with Crippen molar-refractivity contribution in [2.75, 3.05) is 5.32 Å². The van der Waals surface area contributed by atoms with Gasteiger partial charge in [0.25, 0.3) is 5.69 Å². The third kappa shape index (κ3) is 3.32. The number of nitrogens with one attached hydrogen (secondary N) is 1. The Hall–Kier alpha value is -1.82. The lowest BCUT2D eigenvalue weighted by molar-refractivity contribution is -0.384. The van der Waals surface area contributed by atoms with Crippen LogP contribution in [0.25, 0.3) is 0 Å². The Labute approximate surface area is 102 Å². The Morgan fingerprint density at radius 1 is 1.65 bits per heavy atom. The molecule has 0 heterocycles. The highest BCUT2D eigenvalue weighted by atomic mass is 35.5. The molecule has 1 rings (SSSR count). The molecule has 0 fully saturated rings. The van der Waals surface area contributed by atoms with Crippen molar-refractivity contribution in [2.24, 2.45) is 0 Å². The summed E-state index contributed by atoms with van der Waals surface area (Å²) in [5.41, 5.74) is -0.0918. The number of hydrogen-bond acceptors (Lipinski definition) is 4. The topological polar surface area (TPSA) is 92.5 Å². The number of benzene rings is 1. The molecule has 2 N–H and O–H groups in total. The van der Waals surface area contributed by atoms with Crippen LogP contribution in [0.2, 0.25) is 5.02 Å². The van der Waals surface area contributed by atoms with E-state index in [0.29, 0.717) is 6.42 Å². The number of hydrogen-bond donors (Lipinski definition) is 2. The second-order valence-electron chi connectivity index (χ2n) is 3.36. The Morgan fingerprint density at radius 2 is 2.29 bits per heavy atom. The molecule has 0 saturated heterocycles. The van der Waals surface area contributed by atoms with Gasteiger partial charge in [-0.15, -0.1) is 0 Å². The summed E-state index contributed by atoms with van der Waals surface area (Å²) in [6, 6.07) is 3.17. The predicted octanol–water partition coefficient (Wildman–Crippen LogP) is 2.52. The van der Waals surface area contributed by atoms with Gasteiger partial charge in [0.05, 0.1) is 4.92 Å². The Balaban J connectivity index is 3.05. The Bertz CT molecular complexity index is 450. The summed E-state index contributed by atoms with van der Waals surface area (Å²) in [6.07, 6.45) is 0.315. The fourth-order valence-electron chi connectivity index (χ4n) is 1.30. The van der Waals surface area contributed by atoms with Crippen LogP contribution in [-0.2, 0) is 4.79 Å². The van der Waals surface area contributed by atoms with Gasteiger partial charge in [-0.1, -0.05) is 18.5 Å². The summed E-state index contributed by atoms with van der Waals surface area (Å²) < 4.78 is 0. The van der Waals surface area contributed by atoms with Crippen molar-refractivity contribution in [2.45, 2.75) is 19.4 Å². The van der Waals surface area contributed by atoms with Gasteiger partial charge >= 0.3 is 5.97 Å². The van der Waals surface area contributed by atoms with Gasteiger partial charge in [0.15, 0.2) is 0 Å². The first kappa shape index (κ1) is 13.2. The molecule has 0 aliphatic heterocycles. The van der Waals surface area contributed by atoms with Crippen LogP contribution in [-0.4, -0.2) is 22.0 Å². The predicted molar refractivity (Wildman–Crippen MR) is 63.4 cm³/mol. The van der Waals surface area contributed by atoms with Gasteiger partial charge in [-0.3, -0.25) is 10.1 Å². The fourth-order valence-corrected chi connectivity index (χ4v) is 1.47. The van der Waals surface area contributed by atoms with Crippen LogP contribution < -0.4 is 5.32 Å². The molecule has 0 radical (unpaired) electrons. The zero-order valence-corrected chi connectivity index (χ0v) is 9.77. The fraction of sp³-hybridized carbons (Fsp3) is 0.300. The van der Waals surface area contributed by atoms with Crippen molar-refractivity contribution >= 4 is 28.9 Å². The normalized spacial score (nSPS) is 11.9. The maximum Gasteiger partial charge on any atom is 0.326 e. The third-order valence-corrected chi connectivity index (χ3v) is 2.43. The first-order valence-corrected chi connectivity index (χ1v) is 5.26. The SMILES string of the molecule is CCC(Nc1ccc(Cl)cc1[N+](=O)[O-])C(=O)O. The lowest BCUT2D eigenvalue weighted by atomic mass is 10.2. The lowest BCUT2D eigenvalue weighted by Gasteiger charge is -2.13. The van der Waals surface area contributed by atoms with Crippen LogP contribution in [0.3, 0.4) is 0 Å². The van der Waals surface area contributed by atoms with E-state index in [0.717, 1.165) is 0 Å². The quantitative estimate of drug-likeness (QED) is 0.625. The number of halogens is 1. The van der Waals surface area contributed by atoms with E-state index in [1.807, 2.05) is 0 Å². The average Bonchev–Trinajstić information content (AvgIpc) is 2.26. The van der Waals surface area contributed by atoms with Gasteiger partial charge in [0, 0.05) is 11.1 Å². The van der Waals surface area contributed by atoms with Crippen LogP contribution in [0.15, 0.2) is 18.2 Å². The number of nitro groups is 1. The molecule has 1 atom stereocenters. The van der Waals surface area contributed by atoms with Crippen molar-refractivity contribution in [3.8, 4) is 0 Å². The molecule has 1 aromatic carbocycles. The van der Waals surface area contributed by atoms with E-state index >= 15 is 0 Å². The Morgan fingerprint density at radius 3 is 2.76 bits per heavy atom. The van der Waals surface area contributed by atoms with Gasteiger partial charge in [0.2, 0.25) is 0 Å². The standard InChI is InChI=1S/C10H11ClN2O4/c1-2-7(10(14)15)12-8-4-3-6(11)5-9(8)13(16)17/h3-5,7,12H,2H2,1H3,(H,14,15). The van der Waals surface area contributed by atoms with Crippen LogP contribution in [0.1, 0.15) is 13.3 Å². The molecule has 7 heteroatoms. The van der Waals surface area contributed by atoms with E-state index < -0.39 is 16.9 Å². The third-order valence-electron chi connectivity index (χ3n) is 2.19. The number of rotatable bonds is 5. The molecular weight excluding hydrogens is 248 g/mol. The van der Waals surface area contributed by atoms with Gasteiger partial charge in [-0.05, 0) is 18.6 Å². The zero-order valence-electron chi connectivity index (χ0n) is 9.01. The molecule has 0 bridgehead atoms. The number of carbonyl (C=O) groups is 1. The maximum atomic E-state index is 10.8. The van der Waals surface area contributed by atoms with Gasteiger partial charge < -0.3 is 10.4 Å². The lowest BCUT2D eigenvalue weighted by Crippen LogP contribution is -2.28. The molecule has 0 aliphatic rings. The highest BCUT2D eigenvalue weighted by molar-refractivity contribution is 6.30. The molecule has 0 spiro atoms. The molecule has 17 heavy (non-hydrogen) atoms. The van der Waals surface area contributed by atoms with Gasteiger partial charge in [0.1, 0.15) is 11.7 Å². The second kappa shape index (κ2) is 5.49. The summed E-state index contributed by atoms with van der Waals surface area (Å²) in [4.78, 5) is 21.0. The van der Waals surface area contributed by atoms with Crippen molar-refractivity contribution < 1.29 is 14.8 Å². The summed E-state index contributed by atoms with van der Waals surface area (Å²) >= 11 is 5.65. The molecule has 1 unspecified atom stereocenters. The maximum absolute atomic E-state index is 10.8. The molecule has 6 nitrogen and oxygen atoms in total. The molecule has 0 saturated carbocycles. The minimum atomic E-state index is -1.06. The molecule has 0 amide bonds. The van der Waals surface area contributed by atoms with Crippen molar-refractivity contribution in [1.29, 1.82) is 0 Å². The molecule has 92 valence electrons.